The largest absolute Gasteiger partial charge is 0.355 e. The lowest BCUT2D eigenvalue weighted by atomic mass is 10.2. The molecule has 7 heteroatoms. The van der Waals surface area contributed by atoms with Crippen LogP contribution < -0.4 is 10.2 Å². The molecule has 1 N–H and O–H groups in total. The Morgan fingerprint density at radius 2 is 2.19 bits per heavy atom. The minimum atomic E-state index is 0.0560. The Morgan fingerprint density at radius 3 is 2.76 bits per heavy atom. The van der Waals surface area contributed by atoms with Crippen molar-refractivity contribution in [2.75, 3.05) is 44.2 Å². The number of amides is 1. The minimum Gasteiger partial charge on any atom is -0.355 e. The first-order chi connectivity index (χ1) is 10.1. The van der Waals surface area contributed by atoms with E-state index in [0.717, 1.165) is 26.2 Å². The normalized spacial score (nSPS) is 15.6. The van der Waals surface area contributed by atoms with Crippen LogP contribution in [0, 0.1) is 11.3 Å². The lowest BCUT2D eigenvalue weighted by molar-refractivity contribution is -0.122. The Labute approximate surface area is 129 Å². The summed E-state index contributed by atoms with van der Waals surface area (Å²) < 4.78 is 0. The summed E-state index contributed by atoms with van der Waals surface area (Å²) in [5, 5.41) is 12.1. The van der Waals surface area contributed by atoms with Gasteiger partial charge in [-0.2, -0.15) is 5.26 Å². The van der Waals surface area contributed by atoms with Crippen molar-refractivity contribution in [1.29, 1.82) is 5.26 Å². The third kappa shape index (κ3) is 4.06. The molecule has 0 spiro atoms. The highest BCUT2D eigenvalue weighted by atomic mass is 35.5. The molecule has 1 amide bonds. The molecule has 0 aromatic carbocycles. The smallest absolute Gasteiger partial charge is 0.234 e. The SMILES string of the molecule is CCNC(=O)CN1CCN(c2ncc(C#N)cc2Cl)CC1. The number of anilines is 1. The van der Waals surface area contributed by atoms with E-state index in [0.29, 0.717) is 29.5 Å². The molecule has 0 unspecified atom stereocenters. The van der Waals surface area contributed by atoms with Gasteiger partial charge >= 0.3 is 0 Å². The van der Waals surface area contributed by atoms with Crippen molar-refractivity contribution >= 4 is 23.3 Å². The van der Waals surface area contributed by atoms with Crippen LogP contribution in [-0.2, 0) is 4.79 Å². The number of likely N-dealkylation sites (N-methyl/N-ethyl adjacent to an activating group) is 1. The second-order valence-electron chi connectivity index (χ2n) is 4.86. The summed E-state index contributed by atoms with van der Waals surface area (Å²) in [5.41, 5.74) is 0.457. The van der Waals surface area contributed by atoms with Crippen LogP contribution in [0.3, 0.4) is 0 Å². The second-order valence-corrected chi connectivity index (χ2v) is 5.27. The molecule has 2 heterocycles. The van der Waals surface area contributed by atoms with Gasteiger partial charge in [0.25, 0.3) is 0 Å². The van der Waals surface area contributed by atoms with E-state index in [-0.39, 0.29) is 5.91 Å². The van der Waals surface area contributed by atoms with Crippen molar-refractivity contribution in [2.24, 2.45) is 0 Å². The number of nitrogens with zero attached hydrogens (tertiary/aromatic N) is 4. The fourth-order valence-electron chi connectivity index (χ4n) is 2.30. The van der Waals surface area contributed by atoms with Gasteiger partial charge in [0.05, 0.1) is 17.1 Å². The molecule has 1 saturated heterocycles. The van der Waals surface area contributed by atoms with E-state index in [1.54, 1.807) is 6.07 Å². The average Bonchev–Trinajstić information content (AvgIpc) is 2.48. The molecule has 112 valence electrons. The third-order valence-electron chi connectivity index (χ3n) is 3.36. The van der Waals surface area contributed by atoms with E-state index in [2.05, 4.69) is 20.1 Å². The topological polar surface area (TPSA) is 72.3 Å². The monoisotopic (exact) mass is 307 g/mol. The van der Waals surface area contributed by atoms with Crippen LogP contribution >= 0.6 is 11.6 Å². The zero-order valence-corrected chi connectivity index (χ0v) is 12.7. The van der Waals surface area contributed by atoms with Crippen LogP contribution in [0.15, 0.2) is 12.3 Å². The van der Waals surface area contributed by atoms with Crippen molar-refractivity contribution < 1.29 is 4.79 Å². The summed E-state index contributed by atoms with van der Waals surface area (Å²) in [6, 6.07) is 3.65. The summed E-state index contributed by atoms with van der Waals surface area (Å²) in [7, 11) is 0. The number of aromatic nitrogens is 1. The number of carbonyl (C=O) groups is 1. The second kappa shape index (κ2) is 7.25. The summed E-state index contributed by atoms with van der Waals surface area (Å²) in [6.45, 7) is 6.09. The molecule has 0 aliphatic carbocycles. The Morgan fingerprint density at radius 1 is 1.48 bits per heavy atom. The van der Waals surface area contributed by atoms with Crippen molar-refractivity contribution in [3.05, 3.63) is 22.8 Å². The zero-order valence-electron chi connectivity index (χ0n) is 12.0. The van der Waals surface area contributed by atoms with Gasteiger partial charge in [0.2, 0.25) is 5.91 Å². The van der Waals surface area contributed by atoms with Crippen molar-refractivity contribution in [2.45, 2.75) is 6.92 Å². The van der Waals surface area contributed by atoms with Crippen LogP contribution in [0.5, 0.6) is 0 Å². The van der Waals surface area contributed by atoms with Gasteiger partial charge in [0.1, 0.15) is 11.9 Å². The average molecular weight is 308 g/mol. The highest BCUT2D eigenvalue weighted by molar-refractivity contribution is 6.33. The number of nitriles is 1. The molecule has 1 aromatic heterocycles. The molecule has 0 radical (unpaired) electrons. The van der Waals surface area contributed by atoms with Crippen LogP contribution in [0.25, 0.3) is 0 Å². The maximum atomic E-state index is 11.6. The highest BCUT2D eigenvalue weighted by Crippen LogP contribution is 2.24. The van der Waals surface area contributed by atoms with Crippen LogP contribution in [0.4, 0.5) is 5.82 Å². The summed E-state index contributed by atoms with van der Waals surface area (Å²) in [6.07, 6.45) is 1.53. The molecular weight excluding hydrogens is 290 g/mol. The van der Waals surface area contributed by atoms with Gasteiger partial charge < -0.3 is 10.2 Å². The maximum absolute atomic E-state index is 11.6. The molecule has 0 atom stereocenters. The van der Waals surface area contributed by atoms with E-state index in [9.17, 15) is 4.79 Å². The number of hydrogen-bond donors (Lipinski definition) is 1. The predicted octanol–water partition coefficient (Wildman–Crippen LogP) is 0.865. The predicted molar refractivity (Wildman–Crippen MR) is 81.3 cm³/mol. The van der Waals surface area contributed by atoms with Crippen LogP contribution in [-0.4, -0.2) is 55.1 Å². The maximum Gasteiger partial charge on any atom is 0.234 e. The quantitative estimate of drug-likeness (QED) is 0.893. The fraction of sp³-hybridized carbons (Fsp3) is 0.500. The number of hydrogen-bond acceptors (Lipinski definition) is 5. The zero-order chi connectivity index (χ0) is 15.2. The Kier molecular flexibility index (Phi) is 5.37. The van der Waals surface area contributed by atoms with Crippen molar-refractivity contribution in [1.82, 2.24) is 15.2 Å². The first-order valence-electron chi connectivity index (χ1n) is 6.93. The molecule has 21 heavy (non-hydrogen) atoms. The molecule has 0 saturated carbocycles. The van der Waals surface area contributed by atoms with E-state index in [1.165, 1.54) is 6.20 Å². The van der Waals surface area contributed by atoms with E-state index in [4.69, 9.17) is 16.9 Å². The number of piperazine rings is 1. The van der Waals surface area contributed by atoms with Gasteiger partial charge in [-0.3, -0.25) is 9.69 Å². The first kappa shape index (κ1) is 15.5. The van der Waals surface area contributed by atoms with E-state index in [1.807, 2.05) is 13.0 Å². The van der Waals surface area contributed by atoms with E-state index >= 15 is 0 Å². The lowest BCUT2D eigenvalue weighted by Crippen LogP contribution is -2.49. The van der Waals surface area contributed by atoms with Gasteiger partial charge in [0, 0.05) is 38.9 Å². The summed E-state index contributed by atoms with van der Waals surface area (Å²) >= 11 is 6.17. The number of rotatable bonds is 4. The first-order valence-corrected chi connectivity index (χ1v) is 7.31. The Balaban J connectivity index is 1.92. The molecule has 1 aliphatic heterocycles. The highest BCUT2D eigenvalue weighted by Gasteiger charge is 2.21. The summed E-state index contributed by atoms with van der Waals surface area (Å²) in [5.74, 6) is 0.758. The fourth-order valence-corrected chi connectivity index (χ4v) is 2.58. The molecule has 6 nitrogen and oxygen atoms in total. The lowest BCUT2D eigenvalue weighted by Gasteiger charge is -2.35. The number of pyridine rings is 1. The van der Waals surface area contributed by atoms with Gasteiger partial charge in [-0.25, -0.2) is 4.98 Å². The van der Waals surface area contributed by atoms with Gasteiger partial charge in [-0.1, -0.05) is 11.6 Å². The molecule has 1 fully saturated rings. The van der Waals surface area contributed by atoms with Crippen LogP contribution in [0.2, 0.25) is 5.02 Å². The minimum absolute atomic E-state index is 0.0560. The van der Waals surface area contributed by atoms with E-state index < -0.39 is 0 Å². The van der Waals surface area contributed by atoms with Gasteiger partial charge in [-0.15, -0.1) is 0 Å². The van der Waals surface area contributed by atoms with Gasteiger partial charge in [0.15, 0.2) is 0 Å². The van der Waals surface area contributed by atoms with Crippen molar-refractivity contribution in [3.63, 3.8) is 0 Å². The molecule has 0 bridgehead atoms. The molecule has 2 rings (SSSR count). The summed E-state index contributed by atoms with van der Waals surface area (Å²) in [4.78, 5) is 20.0. The Hall–Kier alpha value is -1.84. The Bertz CT molecular complexity index is 549. The molecular formula is C14H18ClN5O. The number of nitrogens with one attached hydrogen (secondary N) is 1. The number of halogens is 1. The standard InChI is InChI=1S/C14H18ClN5O/c1-2-17-13(21)10-19-3-5-20(6-4-19)14-12(15)7-11(8-16)9-18-14/h7,9H,2-6,10H2,1H3,(H,17,21). The third-order valence-corrected chi connectivity index (χ3v) is 3.64. The van der Waals surface area contributed by atoms with Gasteiger partial charge in [-0.05, 0) is 13.0 Å². The van der Waals surface area contributed by atoms with Crippen molar-refractivity contribution in [3.8, 4) is 6.07 Å². The van der Waals surface area contributed by atoms with Crippen LogP contribution in [0.1, 0.15) is 12.5 Å². The molecule has 1 aliphatic rings. The molecule has 1 aromatic rings. The number of carbonyl (C=O) groups excluding carboxylic acids is 1.